The van der Waals surface area contributed by atoms with Gasteiger partial charge in [-0.05, 0) is 58.0 Å². The lowest BCUT2D eigenvalue weighted by Gasteiger charge is -2.43. The van der Waals surface area contributed by atoms with E-state index in [1.807, 2.05) is 27.7 Å². The van der Waals surface area contributed by atoms with E-state index in [1.54, 1.807) is 14.2 Å². The largest absolute Gasteiger partial charge is 0.465 e. The van der Waals surface area contributed by atoms with Crippen LogP contribution in [0.2, 0.25) is 13.1 Å². The number of aliphatic hydroxyl groups excluding tert-OH is 1. The molecule has 0 rings (SSSR count). The van der Waals surface area contributed by atoms with Crippen LogP contribution >= 0.6 is 0 Å². The molecule has 0 aromatic rings. The summed E-state index contributed by atoms with van der Waals surface area (Å²) in [6.07, 6.45) is 0.479. The molecule has 0 spiro atoms. The van der Waals surface area contributed by atoms with E-state index < -0.39 is 20.7 Å². The maximum atomic E-state index is 12.1. The smallest absolute Gasteiger partial charge is 0.311 e. The van der Waals surface area contributed by atoms with Gasteiger partial charge >= 0.3 is 5.97 Å². The Labute approximate surface area is 193 Å². The monoisotopic (exact) mass is 462 g/mol. The second kappa shape index (κ2) is 13.3. The second-order valence-corrected chi connectivity index (χ2v) is 13.8. The molecule has 0 aromatic heterocycles. The van der Waals surface area contributed by atoms with Crippen molar-refractivity contribution in [1.82, 2.24) is 0 Å². The molecule has 0 aliphatic rings. The van der Waals surface area contributed by atoms with Gasteiger partial charge in [0.15, 0.2) is 9.04 Å². The number of hydrogen-bond donors (Lipinski definition) is 1. The van der Waals surface area contributed by atoms with Gasteiger partial charge in [-0.1, -0.05) is 34.6 Å². The summed E-state index contributed by atoms with van der Waals surface area (Å²) in [5, 5.41) is 10.4. The topological polar surface area (TPSA) is 74.2 Å². The number of hydrogen-bond acceptors (Lipinski definition) is 6. The zero-order chi connectivity index (χ0) is 24.6. The summed E-state index contributed by atoms with van der Waals surface area (Å²) in [6.45, 7) is 20.7. The molecule has 7 heteroatoms. The van der Waals surface area contributed by atoms with E-state index in [0.717, 1.165) is 6.42 Å². The van der Waals surface area contributed by atoms with Crippen LogP contribution < -0.4 is 0 Å². The SMILES string of the molecule is CO[C@@H](C[C@@H](C)COC(=O)C(C)(C)C)[C@@H]([C@H](C[C@@H](C)C(O)O[SiH](C)C)OC)C(C)(C)C. The molecule has 6 nitrogen and oxygen atoms in total. The summed E-state index contributed by atoms with van der Waals surface area (Å²) in [5.74, 6) is 0.00504. The summed E-state index contributed by atoms with van der Waals surface area (Å²) < 4.78 is 23.2. The Morgan fingerprint density at radius 2 is 1.42 bits per heavy atom. The Bertz CT molecular complexity index is 511. The van der Waals surface area contributed by atoms with Gasteiger partial charge in [0, 0.05) is 26.1 Å². The highest BCUT2D eigenvalue weighted by Crippen LogP contribution is 2.39. The van der Waals surface area contributed by atoms with E-state index in [-0.39, 0.29) is 41.3 Å². The zero-order valence-electron chi connectivity index (χ0n) is 22.2. The van der Waals surface area contributed by atoms with Crippen molar-refractivity contribution in [2.75, 3.05) is 20.8 Å². The number of esters is 1. The number of carbonyl (C=O) groups is 1. The maximum Gasteiger partial charge on any atom is 0.311 e. The predicted octanol–water partition coefficient (Wildman–Crippen LogP) is 4.64. The van der Waals surface area contributed by atoms with Crippen LogP contribution in [-0.4, -0.2) is 59.4 Å². The molecular formula is C24H50O6Si. The van der Waals surface area contributed by atoms with Crippen molar-refractivity contribution in [3.05, 3.63) is 0 Å². The summed E-state index contributed by atoms with van der Waals surface area (Å²) in [7, 11) is 2.13. The minimum Gasteiger partial charge on any atom is -0.465 e. The van der Waals surface area contributed by atoms with Crippen molar-refractivity contribution in [3.8, 4) is 0 Å². The van der Waals surface area contributed by atoms with E-state index in [2.05, 4.69) is 40.8 Å². The van der Waals surface area contributed by atoms with Gasteiger partial charge in [-0.3, -0.25) is 4.79 Å². The van der Waals surface area contributed by atoms with Crippen molar-refractivity contribution >= 4 is 15.0 Å². The van der Waals surface area contributed by atoms with Crippen molar-refractivity contribution in [1.29, 1.82) is 0 Å². The lowest BCUT2D eigenvalue weighted by Crippen LogP contribution is -2.45. The highest BCUT2D eigenvalue weighted by molar-refractivity contribution is 6.48. The fourth-order valence-corrected chi connectivity index (χ4v) is 4.75. The summed E-state index contributed by atoms with van der Waals surface area (Å²) >= 11 is 0. The van der Waals surface area contributed by atoms with Crippen LogP contribution in [0.1, 0.15) is 68.2 Å². The van der Waals surface area contributed by atoms with Crippen LogP contribution in [0.4, 0.5) is 0 Å². The molecule has 31 heavy (non-hydrogen) atoms. The van der Waals surface area contributed by atoms with Gasteiger partial charge < -0.3 is 23.7 Å². The number of methoxy groups -OCH3 is 2. The molecule has 0 aliphatic carbocycles. The number of aliphatic hydroxyl groups is 1. The van der Waals surface area contributed by atoms with Crippen LogP contribution in [0.5, 0.6) is 0 Å². The Morgan fingerprint density at radius 3 is 1.81 bits per heavy atom. The maximum absolute atomic E-state index is 12.1. The average Bonchev–Trinajstić information content (AvgIpc) is 2.61. The van der Waals surface area contributed by atoms with Gasteiger partial charge in [-0.15, -0.1) is 0 Å². The third-order valence-corrected chi connectivity index (χ3v) is 6.48. The van der Waals surface area contributed by atoms with E-state index in [1.165, 1.54) is 0 Å². The van der Waals surface area contributed by atoms with Crippen LogP contribution in [0, 0.1) is 28.6 Å². The quantitative estimate of drug-likeness (QED) is 0.244. The normalized spacial score (nSPS) is 18.9. The average molecular weight is 463 g/mol. The molecule has 1 unspecified atom stereocenters. The summed E-state index contributed by atoms with van der Waals surface area (Å²) in [6, 6.07) is 0. The fraction of sp³-hybridized carbons (Fsp3) is 0.958. The lowest BCUT2D eigenvalue weighted by molar-refractivity contribution is -0.155. The molecular weight excluding hydrogens is 412 g/mol. The first-order valence-corrected chi connectivity index (χ1v) is 14.4. The van der Waals surface area contributed by atoms with Gasteiger partial charge in [0.05, 0.1) is 24.2 Å². The fourth-order valence-electron chi connectivity index (χ4n) is 3.93. The minimum absolute atomic E-state index is 0.0487. The second-order valence-electron chi connectivity index (χ2n) is 11.4. The number of ether oxygens (including phenoxy) is 3. The molecule has 186 valence electrons. The molecule has 0 saturated carbocycles. The van der Waals surface area contributed by atoms with Crippen molar-refractivity contribution in [2.24, 2.45) is 28.6 Å². The van der Waals surface area contributed by atoms with E-state index in [9.17, 15) is 9.90 Å². The number of rotatable bonds is 13. The Morgan fingerprint density at radius 1 is 0.935 bits per heavy atom. The van der Waals surface area contributed by atoms with Crippen molar-refractivity contribution in [2.45, 2.75) is 99.8 Å². The first-order chi connectivity index (χ1) is 14.0. The van der Waals surface area contributed by atoms with Crippen molar-refractivity contribution < 1.29 is 28.5 Å². The third-order valence-electron chi connectivity index (χ3n) is 5.66. The molecule has 0 fully saturated rings. The molecule has 0 amide bonds. The molecule has 0 aromatic carbocycles. The summed E-state index contributed by atoms with van der Waals surface area (Å²) in [4.78, 5) is 12.1. The first kappa shape index (κ1) is 30.5. The van der Waals surface area contributed by atoms with Gasteiger partial charge in [0.1, 0.15) is 6.29 Å². The van der Waals surface area contributed by atoms with Crippen LogP contribution in [0.15, 0.2) is 0 Å². The van der Waals surface area contributed by atoms with Crippen LogP contribution in [-0.2, 0) is 23.4 Å². The van der Waals surface area contributed by atoms with Gasteiger partial charge in [-0.2, -0.15) is 0 Å². The van der Waals surface area contributed by atoms with E-state index in [0.29, 0.717) is 13.0 Å². The Kier molecular flexibility index (Phi) is 13.1. The molecule has 0 bridgehead atoms. The molecule has 1 N–H and O–H groups in total. The van der Waals surface area contributed by atoms with Gasteiger partial charge in [-0.25, -0.2) is 0 Å². The first-order valence-electron chi connectivity index (χ1n) is 11.6. The van der Waals surface area contributed by atoms with E-state index >= 15 is 0 Å². The molecule has 0 saturated heterocycles. The van der Waals surface area contributed by atoms with Gasteiger partial charge in [0.25, 0.3) is 0 Å². The lowest BCUT2D eigenvalue weighted by atomic mass is 9.70. The Balaban J connectivity index is 5.35. The highest BCUT2D eigenvalue weighted by Gasteiger charge is 2.40. The molecule has 0 radical (unpaired) electrons. The molecule has 6 atom stereocenters. The van der Waals surface area contributed by atoms with E-state index in [4.69, 9.17) is 18.6 Å². The molecule has 0 heterocycles. The third kappa shape index (κ3) is 11.3. The zero-order valence-corrected chi connectivity index (χ0v) is 23.3. The predicted molar refractivity (Wildman–Crippen MR) is 128 cm³/mol. The van der Waals surface area contributed by atoms with Crippen LogP contribution in [0.3, 0.4) is 0 Å². The highest BCUT2D eigenvalue weighted by atomic mass is 28.3. The standard InChI is InChI=1S/C24H50O6Si/c1-16(15-29-22(26)24(6,7)8)13-18(27-9)20(23(3,4)5)19(28-10)14-17(2)21(25)30-31(11)12/h16-21,25,31H,13-15H2,1-12H3/t16-,17-,18+,19+,20+,21?/m1/s1. The Hall–Kier alpha value is -0.473. The molecule has 0 aliphatic heterocycles. The van der Waals surface area contributed by atoms with Crippen molar-refractivity contribution in [3.63, 3.8) is 0 Å². The number of carbonyl (C=O) groups excluding carboxylic acids is 1. The van der Waals surface area contributed by atoms with Gasteiger partial charge in [0.2, 0.25) is 0 Å². The van der Waals surface area contributed by atoms with Crippen LogP contribution in [0.25, 0.3) is 0 Å². The minimum atomic E-state index is -1.33. The summed E-state index contributed by atoms with van der Waals surface area (Å²) in [5.41, 5.74) is -0.588.